The van der Waals surface area contributed by atoms with Crippen molar-refractivity contribution in [2.24, 2.45) is 0 Å². The molecule has 0 aliphatic heterocycles. The van der Waals surface area contributed by atoms with Crippen LogP contribution in [-0.2, 0) is 11.4 Å². The average molecular weight is 216 g/mol. The van der Waals surface area contributed by atoms with Crippen molar-refractivity contribution in [2.45, 2.75) is 13.5 Å². The minimum absolute atomic E-state index is 0.0170. The maximum absolute atomic E-state index is 10.5. The molecule has 0 aliphatic carbocycles. The van der Waals surface area contributed by atoms with Crippen LogP contribution in [0.1, 0.15) is 5.82 Å². The third-order valence-corrected chi connectivity index (χ3v) is 1.73. The maximum atomic E-state index is 10.5. The molecule has 0 spiro atoms. The van der Waals surface area contributed by atoms with Crippen LogP contribution in [0.4, 0.5) is 5.82 Å². The molecular formula is C6H8N4O5. The Hall–Kier alpha value is -2.19. The SMILES string of the molecule is Cc1ncc([N+](=O)[O-])n1CCO[N+](=O)[O-]. The lowest BCUT2D eigenvalue weighted by atomic mass is 10.6. The average Bonchev–Trinajstić information content (AvgIpc) is 2.47. The minimum atomic E-state index is -0.946. The van der Waals surface area contributed by atoms with Crippen LogP contribution in [0.5, 0.6) is 0 Å². The third kappa shape index (κ3) is 2.62. The summed E-state index contributed by atoms with van der Waals surface area (Å²) < 4.78 is 1.24. The van der Waals surface area contributed by atoms with E-state index in [1.807, 2.05) is 0 Å². The van der Waals surface area contributed by atoms with E-state index < -0.39 is 10.0 Å². The van der Waals surface area contributed by atoms with Gasteiger partial charge < -0.3 is 15.0 Å². The van der Waals surface area contributed by atoms with E-state index in [1.165, 1.54) is 4.57 Å². The Kier molecular flexibility index (Phi) is 3.16. The molecule has 9 heteroatoms. The molecule has 0 saturated heterocycles. The second kappa shape index (κ2) is 4.35. The van der Waals surface area contributed by atoms with Gasteiger partial charge in [0.25, 0.3) is 5.09 Å². The van der Waals surface area contributed by atoms with Crippen LogP contribution < -0.4 is 0 Å². The first-order valence-corrected chi connectivity index (χ1v) is 3.96. The van der Waals surface area contributed by atoms with Gasteiger partial charge in [0.05, 0.1) is 0 Å². The molecule has 0 aliphatic rings. The monoisotopic (exact) mass is 216 g/mol. The van der Waals surface area contributed by atoms with Crippen LogP contribution in [0.3, 0.4) is 0 Å². The number of hydrogen-bond donors (Lipinski definition) is 0. The van der Waals surface area contributed by atoms with Crippen LogP contribution in [0.2, 0.25) is 0 Å². The van der Waals surface area contributed by atoms with E-state index >= 15 is 0 Å². The lowest BCUT2D eigenvalue weighted by Crippen LogP contribution is -2.12. The predicted octanol–water partition coefficient (Wildman–Crippen LogP) is 0.308. The molecule has 0 amide bonds. The summed E-state index contributed by atoms with van der Waals surface area (Å²) in [6.45, 7) is 1.34. The molecule has 15 heavy (non-hydrogen) atoms. The lowest BCUT2D eigenvalue weighted by Gasteiger charge is -2.01. The summed E-state index contributed by atoms with van der Waals surface area (Å²) in [7, 11) is 0. The van der Waals surface area contributed by atoms with E-state index in [1.54, 1.807) is 6.92 Å². The summed E-state index contributed by atoms with van der Waals surface area (Å²) in [4.78, 5) is 27.5. The first kappa shape index (κ1) is 10.9. The molecule has 1 aromatic heterocycles. The molecule has 0 saturated carbocycles. The molecule has 1 rings (SSSR count). The fraction of sp³-hybridized carbons (Fsp3) is 0.500. The Bertz CT molecular complexity index is 387. The summed E-state index contributed by atoms with van der Waals surface area (Å²) in [5, 5.41) is 19.4. The van der Waals surface area contributed by atoms with Gasteiger partial charge in [0, 0.05) is 6.92 Å². The summed E-state index contributed by atoms with van der Waals surface area (Å²) in [6.07, 6.45) is 1.10. The second-order valence-electron chi connectivity index (χ2n) is 2.63. The molecule has 0 aromatic carbocycles. The van der Waals surface area contributed by atoms with Crippen LogP contribution in [-0.4, -0.2) is 26.2 Å². The first-order valence-electron chi connectivity index (χ1n) is 3.96. The van der Waals surface area contributed by atoms with Crippen LogP contribution in [0.15, 0.2) is 6.20 Å². The van der Waals surface area contributed by atoms with E-state index in [-0.39, 0.29) is 19.0 Å². The van der Waals surface area contributed by atoms with Gasteiger partial charge >= 0.3 is 5.82 Å². The largest absolute Gasteiger partial charge is 0.358 e. The quantitative estimate of drug-likeness (QED) is 0.516. The van der Waals surface area contributed by atoms with Gasteiger partial charge in [-0.15, -0.1) is 10.1 Å². The third-order valence-electron chi connectivity index (χ3n) is 1.73. The van der Waals surface area contributed by atoms with Gasteiger partial charge in [0.1, 0.15) is 19.3 Å². The zero-order valence-electron chi connectivity index (χ0n) is 7.82. The fourth-order valence-corrected chi connectivity index (χ4v) is 1.09. The van der Waals surface area contributed by atoms with Gasteiger partial charge in [0.15, 0.2) is 5.82 Å². The van der Waals surface area contributed by atoms with Gasteiger partial charge in [-0.05, 0) is 4.92 Å². The highest BCUT2D eigenvalue weighted by Gasteiger charge is 2.16. The lowest BCUT2D eigenvalue weighted by molar-refractivity contribution is -0.758. The Morgan fingerprint density at radius 2 is 2.20 bits per heavy atom. The second-order valence-corrected chi connectivity index (χ2v) is 2.63. The van der Waals surface area contributed by atoms with Crippen LogP contribution in [0, 0.1) is 27.2 Å². The zero-order chi connectivity index (χ0) is 11.4. The zero-order valence-corrected chi connectivity index (χ0v) is 7.82. The number of imidazole rings is 1. The molecule has 0 unspecified atom stereocenters. The molecule has 0 radical (unpaired) electrons. The summed E-state index contributed by atoms with van der Waals surface area (Å²) in [5.41, 5.74) is 0. The van der Waals surface area contributed by atoms with Crippen molar-refractivity contribution >= 4 is 5.82 Å². The van der Waals surface area contributed by atoms with E-state index in [9.17, 15) is 20.2 Å². The van der Waals surface area contributed by atoms with Crippen molar-refractivity contribution in [3.05, 3.63) is 32.2 Å². The topological polar surface area (TPSA) is 113 Å². The number of nitrogens with zero attached hydrogens (tertiary/aromatic N) is 4. The minimum Gasteiger partial charge on any atom is -0.358 e. The Morgan fingerprint density at radius 3 is 2.73 bits per heavy atom. The molecule has 0 atom stereocenters. The normalized spacial score (nSPS) is 9.93. The van der Waals surface area contributed by atoms with E-state index in [0.717, 1.165) is 6.20 Å². The number of rotatable bonds is 5. The highest BCUT2D eigenvalue weighted by atomic mass is 16.9. The Balaban J connectivity index is 2.70. The number of nitro groups is 1. The molecule has 82 valence electrons. The van der Waals surface area contributed by atoms with Gasteiger partial charge in [-0.2, -0.15) is 0 Å². The fourth-order valence-electron chi connectivity index (χ4n) is 1.09. The summed E-state index contributed by atoms with van der Waals surface area (Å²) >= 11 is 0. The molecule has 0 fully saturated rings. The van der Waals surface area contributed by atoms with Crippen molar-refractivity contribution in [1.29, 1.82) is 0 Å². The summed E-state index contributed by atoms with van der Waals surface area (Å²) in [6, 6.07) is 0. The highest BCUT2D eigenvalue weighted by molar-refractivity contribution is 5.18. The number of hydrogen-bond acceptors (Lipinski definition) is 6. The standard InChI is InChI=1S/C6H8N4O5/c1-5-7-4-6(9(11)12)8(5)2-3-15-10(13)14/h4H,2-3H2,1H3. The van der Waals surface area contributed by atoms with Crippen LogP contribution in [0.25, 0.3) is 0 Å². The van der Waals surface area contributed by atoms with E-state index in [2.05, 4.69) is 9.82 Å². The molecule has 1 aromatic rings. The summed E-state index contributed by atoms with van der Waals surface area (Å²) in [5.74, 6) is 0.202. The van der Waals surface area contributed by atoms with Gasteiger partial charge in [-0.25, -0.2) is 9.55 Å². The molecule has 9 nitrogen and oxygen atoms in total. The van der Waals surface area contributed by atoms with Crippen molar-refractivity contribution < 1.29 is 14.8 Å². The number of aromatic nitrogens is 2. The Morgan fingerprint density at radius 1 is 1.53 bits per heavy atom. The highest BCUT2D eigenvalue weighted by Crippen LogP contribution is 2.12. The van der Waals surface area contributed by atoms with Crippen molar-refractivity contribution in [3.63, 3.8) is 0 Å². The van der Waals surface area contributed by atoms with Gasteiger partial charge in [-0.1, -0.05) is 0 Å². The van der Waals surface area contributed by atoms with Gasteiger partial charge in [0.2, 0.25) is 0 Å². The molecule has 0 bridgehead atoms. The molecule has 0 N–H and O–H groups in total. The molecule has 1 heterocycles. The number of aryl methyl sites for hydroxylation is 1. The Labute approximate surface area is 83.5 Å². The predicted molar refractivity (Wildman–Crippen MR) is 46.6 cm³/mol. The van der Waals surface area contributed by atoms with Gasteiger partial charge in [-0.3, -0.25) is 0 Å². The van der Waals surface area contributed by atoms with Crippen LogP contribution >= 0.6 is 0 Å². The molecular weight excluding hydrogens is 208 g/mol. The maximum Gasteiger partial charge on any atom is 0.342 e. The first-order chi connectivity index (χ1) is 7.02. The van der Waals surface area contributed by atoms with Crippen molar-refractivity contribution in [3.8, 4) is 0 Å². The smallest absolute Gasteiger partial charge is 0.342 e. The van der Waals surface area contributed by atoms with Crippen molar-refractivity contribution in [2.75, 3.05) is 6.61 Å². The van der Waals surface area contributed by atoms with Crippen molar-refractivity contribution in [1.82, 2.24) is 9.55 Å². The van der Waals surface area contributed by atoms with E-state index in [4.69, 9.17) is 0 Å². The van der Waals surface area contributed by atoms with E-state index in [0.29, 0.717) is 5.82 Å².